The minimum Gasteiger partial charge on any atom is -0.482 e. The van der Waals surface area contributed by atoms with Crippen molar-refractivity contribution in [3.05, 3.63) is 40.1 Å². The second-order valence-electron chi connectivity index (χ2n) is 4.45. The van der Waals surface area contributed by atoms with Gasteiger partial charge in [-0.15, -0.1) is 0 Å². The Kier molecular flexibility index (Phi) is 6.42. The van der Waals surface area contributed by atoms with E-state index in [1.54, 1.807) is 31.2 Å². The van der Waals surface area contributed by atoms with Crippen molar-refractivity contribution in [2.45, 2.75) is 13.8 Å². The van der Waals surface area contributed by atoms with Crippen molar-refractivity contribution in [2.75, 3.05) is 13.2 Å². The van der Waals surface area contributed by atoms with Crippen LogP contribution in [0.4, 0.5) is 0 Å². The number of carbonyl (C=O) groups excluding carboxylic acids is 2. The zero-order valence-corrected chi connectivity index (χ0v) is 12.9. The molecule has 0 bridgehead atoms. The van der Waals surface area contributed by atoms with E-state index < -0.39 is 18.4 Å². The van der Waals surface area contributed by atoms with Crippen LogP contribution in [0.5, 0.6) is 5.75 Å². The Balaban J connectivity index is 2.47. The molecular weight excluding hydrogens is 308 g/mol. The van der Waals surface area contributed by atoms with Gasteiger partial charge >= 0.3 is 5.97 Å². The molecule has 0 saturated heterocycles. The number of hydrogen-bond acceptors (Lipinski definition) is 6. The summed E-state index contributed by atoms with van der Waals surface area (Å²) in [6, 6.07) is 6.60. The zero-order chi connectivity index (χ0) is 16.7. The number of carbonyl (C=O) groups is 2. The number of hydrogen-bond donors (Lipinski definition) is 1. The fraction of sp³-hybridized carbons (Fsp3) is 0.267. The van der Waals surface area contributed by atoms with E-state index in [0.29, 0.717) is 10.8 Å². The van der Waals surface area contributed by atoms with Crippen LogP contribution in [0.1, 0.15) is 12.5 Å². The molecule has 0 aliphatic rings. The minimum absolute atomic E-state index is 0.0800. The third-order valence-electron chi connectivity index (χ3n) is 2.64. The minimum atomic E-state index is -0.729. The molecule has 0 fully saturated rings. The van der Waals surface area contributed by atoms with Crippen molar-refractivity contribution >= 4 is 23.4 Å². The predicted octanol–water partition coefficient (Wildman–Crippen LogP) is 1.90. The summed E-state index contributed by atoms with van der Waals surface area (Å²) < 4.78 is 9.96. The molecule has 0 saturated carbocycles. The molecule has 1 aromatic rings. The summed E-state index contributed by atoms with van der Waals surface area (Å²) in [5, 5.41) is 9.34. The monoisotopic (exact) mass is 322 g/mol. The lowest BCUT2D eigenvalue weighted by Crippen LogP contribution is -2.21. The molecule has 7 heteroatoms. The zero-order valence-electron chi connectivity index (χ0n) is 12.2. The van der Waals surface area contributed by atoms with E-state index in [1.807, 2.05) is 0 Å². The molecule has 0 amide bonds. The van der Waals surface area contributed by atoms with Gasteiger partial charge in [-0.05, 0) is 37.6 Å². The molecule has 0 unspecified atom stereocenters. The van der Waals surface area contributed by atoms with Gasteiger partial charge in [-0.1, -0.05) is 11.6 Å². The topological polar surface area (TPSA) is 102 Å². The Morgan fingerprint density at radius 1 is 1.36 bits per heavy atom. The molecule has 1 aromatic carbocycles. The highest BCUT2D eigenvalue weighted by Gasteiger charge is 2.14. The van der Waals surface area contributed by atoms with E-state index >= 15 is 0 Å². The summed E-state index contributed by atoms with van der Waals surface area (Å²) in [5.41, 5.74) is 6.05. The first kappa shape index (κ1) is 17.5. The molecule has 2 N–H and O–H groups in total. The fourth-order valence-electron chi connectivity index (χ4n) is 1.48. The van der Waals surface area contributed by atoms with Gasteiger partial charge in [0.25, 0.3) is 0 Å². The van der Waals surface area contributed by atoms with Crippen LogP contribution in [-0.2, 0) is 14.3 Å². The number of nitriles is 1. The second-order valence-corrected chi connectivity index (χ2v) is 4.86. The highest BCUT2D eigenvalue weighted by molar-refractivity contribution is 6.31. The van der Waals surface area contributed by atoms with Gasteiger partial charge in [0.2, 0.25) is 5.78 Å². The van der Waals surface area contributed by atoms with Crippen LogP contribution in [0, 0.1) is 18.3 Å². The molecule has 0 aliphatic carbocycles. The van der Waals surface area contributed by atoms with E-state index in [4.69, 9.17) is 32.1 Å². The number of esters is 1. The number of rotatable bonds is 6. The van der Waals surface area contributed by atoms with Gasteiger partial charge in [-0.3, -0.25) is 4.79 Å². The maximum Gasteiger partial charge on any atom is 0.344 e. The molecule has 22 heavy (non-hydrogen) atoms. The lowest BCUT2D eigenvalue weighted by molar-refractivity contribution is -0.149. The molecule has 116 valence electrons. The third kappa shape index (κ3) is 5.11. The Morgan fingerprint density at radius 2 is 2.05 bits per heavy atom. The molecule has 0 radical (unpaired) electrons. The Morgan fingerprint density at radius 3 is 2.59 bits per heavy atom. The molecule has 0 atom stereocenters. The van der Waals surface area contributed by atoms with Gasteiger partial charge in [0, 0.05) is 10.7 Å². The normalized spacial score (nSPS) is 11.2. The predicted molar refractivity (Wildman–Crippen MR) is 80.2 cm³/mol. The Bertz CT molecular complexity index is 658. The number of nitrogens with zero attached hydrogens (tertiary/aromatic N) is 1. The summed E-state index contributed by atoms with van der Waals surface area (Å²) in [7, 11) is 0. The number of benzene rings is 1. The van der Waals surface area contributed by atoms with Crippen LogP contribution in [0.3, 0.4) is 0 Å². The number of Topliss-reactive ketones (excluding diaryl/α,β-unsaturated/α-hetero) is 1. The van der Waals surface area contributed by atoms with Crippen molar-refractivity contribution < 1.29 is 19.1 Å². The molecule has 0 aromatic heterocycles. The summed E-state index contributed by atoms with van der Waals surface area (Å²) >= 11 is 5.87. The maximum atomic E-state index is 11.6. The number of ether oxygens (including phenoxy) is 2. The number of allylic oxidation sites excluding steroid dienone is 1. The SMILES string of the molecule is C/C(N)=C(\C#N)C(=O)COC(=O)COc1ccc(Cl)c(C)c1. The average molecular weight is 323 g/mol. The molecule has 0 aliphatic heterocycles. The number of halogens is 1. The van der Waals surface area contributed by atoms with Crippen LogP contribution < -0.4 is 10.5 Å². The van der Waals surface area contributed by atoms with Gasteiger partial charge in [0.15, 0.2) is 13.2 Å². The first-order valence-electron chi connectivity index (χ1n) is 6.29. The number of nitrogens with two attached hydrogens (primary N) is 1. The number of ketones is 1. The summed E-state index contributed by atoms with van der Waals surface area (Å²) in [6.07, 6.45) is 0. The van der Waals surface area contributed by atoms with Gasteiger partial charge < -0.3 is 15.2 Å². The van der Waals surface area contributed by atoms with E-state index in [1.165, 1.54) is 6.92 Å². The maximum absolute atomic E-state index is 11.6. The van der Waals surface area contributed by atoms with Gasteiger partial charge in [0.05, 0.1) is 0 Å². The average Bonchev–Trinajstić information content (AvgIpc) is 2.46. The summed E-state index contributed by atoms with van der Waals surface area (Å²) in [4.78, 5) is 23.1. The molecule has 6 nitrogen and oxygen atoms in total. The molecule has 0 spiro atoms. The van der Waals surface area contributed by atoms with Crippen molar-refractivity contribution in [1.29, 1.82) is 5.26 Å². The largest absolute Gasteiger partial charge is 0.482 e. The van der Waals surface area contributed by atoms with E-state index in [2.05, 4.69) is 0 Å². The molecule has 0 heterocycles. The lowest BCUT2D eigenvalue weighted by atomic mass is 10.1. The van der Waals surface area contributed by atoms with Gasteiger partial charge in [0.1, 0.15) is 17.4 Å². The Hall–Kier alpha value is -2.52. The molecule has 1 rings (SSSR count). The smallest absolute Gasteiger partial charge is 0.344 e. The van der Waals surface area contributed by atoms with Crippen LogP contribution in [0.25, 0.3) is 0 Å². The third-order valence-corrected chi connectivity index (χ3v) is 3.06. The quantitative estimate of drug-likeness (QED) is 0.487. The van der Waals surface area contributed by atoms with Crippen LogP contribution in [-0.4, -0.2) is 25.0 Å². The van der Waals surface area contributed by atoms with E-state index in [9.17, 15) is 9.59 Å². The van der Waals surface area contributed by atoms with E-state index in [0.717, 1.165) is 5.56 Å². The highest BCUT2D eigenvalue weighted by atomic mass is 35.5. The van der Waals surface area contributed by atoms with Crippen molar-refractivity contribution in [2.24, 2.45) is 5.73 Å². The first-order valence-corrected chi connectivity index (χ1v) is 6.67. The van der Waals surface area contributed by atoms with Crippen LogP contribution in [0.15, 0.2) is 29.5 Å². The summed E-state index contributed by atoms with van der Waals surface area (Å²) in [5.74, 6) is -0.924. The fourth-order valence-corrected chi connectivity index (χ4v) is 1.60. The van der Waals surface area contributed by atoms with Crippen LogP contribution >= 0.6 is 11.6 Å². The summed E-state index contributed by atoms with van der Waals surface area (Å²) in [6.45, 7) is 2.31. The lowest BCUT2D eigenvalue weighted by Gasteiger charge is -2.08. The van der Waals surface area contributed by atoms with Crippen molar-refractivity contribution in [1.82, 2.24) is 0 Å². The highest BCUT2D eigenvalue weighted by Crippen LogP contribution is 2.20. The second kappa shape index (κ2) is 8.05. The standard InChI is InChI=1S/C15H15ClN2O4/c1-9-5-11(3-4-13(9)16)21-8-15(20)22-7-14(19)12(6-17)10(2)18/h3-5H,7-8,18H2,1-2H3/b12-10-. The molecular formula is C15H15ClN2O4. The van der Waals surface area contributed by atoms with Gasteiger partial charge in [-0.2, -0.15) is 5.26 Å². The van der Waals surface area contributed by atoms with Crippen LogP contribution in [0.2, 0.25) is 5.02 Å². The van der Waals surface area contributed by atoms with Crippen molar-refractivity contribution in [3.63, 3.8) is 0 Å². The van der Waals surface area contributed by atoms with Gasteiger partial charge in [-0.25, -0.2) is 4.79 Å². The number of aryl methyl sites for hydroxylation is 1. The Labute approximate surface area is 133 Å². The van der Waals surface area contributed by atoms with Crippen molar-refractivity contribution in [3.8, 4) is 11.8 Å². The first-order chi connectivity index (χ1) is 10.3. The van der Waals surface area contributed by atoms with E-state index in [-0.39, 0.29) is 17.9 Å².